The molecule has 5 nitrogen and oxygen atoms in total. The molecule has 7 heteroatoms. The zero-order valence-corrected chi connectivity index (χ0v) is 32.7. The number of carbonyl (C=O) groups excluding carboxylic acids is 2. The summed E-state index contributed by atoms with van der Waals surface area (Å²) in [7, 11) is -6.20. The molecule has 49 heavy (non-hydrogen) atoms. The second-order valence-corrected chi connectivity index (χ2v) is 24.4. The summed E-state index contributed by atoms with van der Waals surface area (Å²) in [6.07, 6.45) is -0.448. The van der Waals surface area contributed by atoms with Crippen molar-refractivity contribution in [3.63, 3.8) is 0 Å². The molecule has 0 radical (unpaired) electrons. The van der Waals surface area contributed by atoms with Crippen molar-refractivity contribution in [2.24, 2.45) is 0 Å². The quantitative estimate of drug-likeness (QED) is 0.0842. The lowest BCUT2D eigenvalue weighted by atomic mass is 10.1. The van der Waals surface area contributed by atoms with E-state index in [0.717, 1.165) is 27.0 Å². The Labute approximate surface area is 296 Å². The number of ether oxygens (including phenoxy) is 1. The van der Waals surface area contributed by atoms with Crippen LogP contribution in [0.2, 0.25) is 10.1 Å². The van der Waals surface area contributed by atoms with Gasteiger partial charge in [-0.3, -0.25) is 4.79 Å². The second-order valence-electron chi connectivity index (χ2n) is 15.9. The molecule has 0 spiro atoms. The van der Waals surface area contributed by atoms with Crippen LogP contribution in [0.25, 0.3) is 0 Å². The summed E-state index contributed by atoms with van der Waals surface area (Å²) in [5.41, 5.74) is -0.672. The fourth-order valence-electron chi connectivity index (χ4n) is 6.99. The topological polar surface area (TPSA) is 61.8 Å². The van der Waals surface area contributed by atoms with Crippen LogP contribution < -0.4 is 20.7 Å². The van der Waals surface area contributed by atoms with Crippen LogP contribution in [0, 0.1) is 0 Å². The van der Waals surface area contributed by atoms with Gasteiger partial charge in [0.25, 0.3) is 16.6 Å². The van der Waals surface area contributed by atoms with Gasteiger partial charge in [-0.05, 0) is 51.6 Å². The number of carbonyl (C=O) groups is 2. The molecule has 4 rings (SSSR count). The van der Waals surface area contributed by atoms with Gasteiger partial charge in [0.2, 0.25) is 0 Å². The van der Waals surface area contributed by atoms with Crippen LogP contribution in [0.3, 0.4) is 0 Å². The van der Waals surface area contributed by atoms with Gasteiger partial charge in [0.05, 0.1) is 12.5 Å². The monoisotopic (exact) mass is 694 g/mol. The number of esters is 1. The lowest BCUT2D eigenvalue weighted by molar-refractivity contribution is -0.157. The normalized spacial score (nSPS) is 14.1. The fraction of sp³-hybridized carbons (Fsp3) is 0.381. The first-order chi connectivity index (χ1) is 23.0. The summed E-state index contributed by atoms with van der Waals surface area (Å²) in [6.45, 7) is 18.8. The van der Waals surface area contributed by atoms with Gasteiger partial charge >= 0.3 is 5.97 Å². The van der Waals surface area contributed by atoms with Gasteiger partial charge in [-0.25, -0.2) is 0 Å². The predicted octanol–water partition coefficient (Wildman–Crippen LogP) is 7.20. The highest BCUT2D eigenvalue weighted by Gasteiger charge is 2.54. The van der Waals surface area contributed by atoms with Crippen molar-refractivity contribution in [2.45, 2.75) is 103 Å². The number of hydrogen-bond donors (Lipinski definition) is 0. The van der Waals surface area contributed by atoms with Gasteiger partial charge in [0.1, 0.15) is 18.0 Å². The van der Waals surface area contributed by atoms with E-state index in [1.54, 1.807) is 0 Å². The molecular formula is C42H54O5Si2. The number of rotatable bonds is 13. The SMILES string of the molecule is CC(C)(C)OC(=O)C[C@H](C[C@H](C=O)O[Si](c1ccccc1)(c1ccccc1)C(C)(C)C)O[Si](c1ccccc1)(c1ccccc1)C(C)(C)C. The smallest absolute Gasteiger partial charge is 0.308 e. The summed E-state index contributed by atoms with van der Waals surface area (Å²) >= 11 is 0. The first-order valence-corrected chi connectivity index (χ1v) is 21.1. The zero-order valence-electron chi connectivity index (χ0n) is 30.7. The molecule has 0 fully saturated rings. The van der Waals surface area contributed by atoms with Gasteiger partial charge < -0.3 is 18.4 Å². The largest absolute Gasteiger partial charge is 0.460 e. The van der Waals surface area contributed by atoms with Gasteiger partial charge in [0.15, 0.2) is 0 Å². The Morgan fingerprint density at radius 1 is 0.571 bits per heavy atom. The minimum Gasteiger partial charge on any atom is -0.460 e. The Hall–Kier alpha value is -3.63. The van der Waals surface area contributed by atoms with Crippen LogP contribution in [-0.4, -0.2) is 46.7 Å². The number of benzene rings is 4. The molecule has 0 bridgehead atoms. The molecule has 4 aromatic rings. The van der Waals surface area contributed by atoms with Crippen LogP contribution in [0.4, 0.5) is 0 Å². The van der Waals surface area contributed by atoms with Gasteiger partial charge in [-0.15, -0.1) is 0 Å². The van der Waals surface area contributed by atoms with Crippen molar-refractivity contribution in [1.82, 2.24) is 0 Å². The van der Waals surface area contributed by atoms with E-state index in [2.05, 4.69) is 90.1 Å². The maximum absolute atomic E-state index is 13.6. The van der Waals surface area contributed by atoms with E-state index in [1.807, 2.05) is 93.6 Å². The Kier molecular flexibility index (Phi) is 12.1. The first kappa shape index (κ1) is 38.2. The highest BCUT2D eigenvalue weighted by atomic mass is 28.4. The molecule has 0 aliphatic rings. The van der Waals surface area contributed by atoms with Crippen LogP contribution >= 0.6 is 0 Å². The average molecular weight is 695 g/mol. The van der Waals surface area contributed by atoms with E-state index in [0.29, 0.717) is 0 Å². The summed E-state index contributed by atoms with van der Waals surface area (Å²) in [5.74, 6) is -0.370. The molecule has 0 saturated heterocycles. The average Bonchev–Trinajstić information content (AvgIpc) is 3.05. The van der Waals surface area contributed by atoms with Crippen LogP contribution in [0.15, 0.2) is 121 Å². The highest BCUT2D eigenvalue weighted by Crippen LogP contribution is 2.40. The molecular weight excluding hydrogens is 641 g/mol. The summed E-state index contributed by atoms with van der Waals surface area (Å²) < 4.78 is 20.7. The summed E-state index contributed by atoms with van der Waals surface area (Å²) in [4.78, 5) is 26.9. The lowest BCUT2D eigenvalue weighted by Crippen LogP contribution is -2.69. The van der Waals surface area contributed by atoms with Crippen molar-refractivity contribution in [3.05, 3.63) is 121 Å². The number of hydrogen-bond acceptors (Lipinski definition) is 5. The van der Waals surface area contributed by atoms with Gasteiger partial charge in [-0.2, -0.15) is 0 Å². The van der Waals surface area contributed by atoms with Crippen molar-refractivity contribution < 1.29 is 23.2 Å². The van der Waals surface area contributed by atoms with E-state index in [9.17, 15) is 9.59 Å². The van der Waals surface area contributed by atoms with Gasteiger partial charge in [0, 0.05) is 6.42 Å². The van der Waals surface area contributed by atoms with E-state index in [4.69, 9.17) is 13.6 Å². The van der Waals surface area contributed by atoms with Crippen molar-refractivity contribution >= 4 is 49.6 Å². The molecule has 0 N–H and O–H groups in total. The molecule has 4 aromatic carbocycles. The molecule has 2 atom stereocenters. The molecule has 0 saturated carbocycles. The van der Waals surface area contributed by atoms with Crippen molar-refractivity contribution in [2.75, 3.05) is 0 Å². The fourth-order valence-corrected chi connectivity index (χ4v) is 16.3. The maximum Gasteiger partial charge on any atom is 0.308 e. The minimum absolute atomic E-state index is 0.0176. The Morgan fingerprint density at radius 2 is 0.898 bits per heavy atom. The third-order valence-corrected chi connectivity index (χ3v) is 19.1. The predicted molar refractivity (Wildman–Crippen MR) is 206 cm³/mol. The van der Waals surface area contributed by atoms with E-state index >= 15 is 0 Å². The van der Waals surface area contributed by atoms with Crippen LogP contribution in [0.1, 0.15) is 75.2 Å². The van der Waals surface area contributed by atoms with Crippen molar-refractivity contribution in [3.8, 4) is 0 Å². The molecule has 0 aliphatic carbocycles. The third-order valence-electron chi connectivity index (χ3n) is 8.97. The highest BCUT2D eigenvalue weighted by molar-refractivity contribution is 7.00. The molecule has 0 heterocycles. The molecule has 0 amide bonds. The van der Waals surface area contributed by atoms with Crippen LogP contribution in [0.5, 0.6) is 0 Å². The zero-order chi connectivity index (χ0) is 35.9. The maximum atomic E-state index is 13.6. The second kappa shape index (κ2) is 15.5. The van der Waals surface area contributed by atoms with Gasteiger partial charge in [-0.1, -0.05) is 163 Å². The minimum atomic E-state index is -3.11. The van der Waals surface area contributed by atoms with Crippen LogP contribution in [-0.2, 0) is 23.2 Å². The third kappa shape index (κ3) is 8.76. The van der Waals surface area contributed by atoms with E-state index in [-0.39, 0.29) is 28.9 Å². The Balaban J connectivity index is 1.88. The van der Waals surface area contributed by atoms with E-state index < -0.39 is 34.4 Å². The Bertz CT molecular complexity index is 1540. The molecule has 0 aromatic heterocycles. The summed E-state index contributed by atoms with van der Waals surface area (Å²) in [6, 6.07) is 41.3. The lowest BCUT2D eigenvalue weighted by Gasteiger charge is -2.47. The molecule has 0 unspecified atom stereocenters. The summed E-state index contributed by atoms with van der Waals surface area (Å²) in [5, 5.41) is 3.68. The number of aldehydes is 1. The van der Waals surface area contributed by atoms with E-state index in [1.165, 1.54) is 0 Å². The Morgan fingerprint density at radius 3 is 1.18 bits per heavy atom. The first-order valence-electron chi connectivity index (χ1n) is 17.3. The molecule has 0 aliphatic heterocycles. The molecule has 260 valence electrons. The standard InChI is InChI=1S/C42H54O5Si2/c1-40(2,3)45-39(44)31-33(46-48(41(4,5)6,35-22-14-10-15-23-35)36-24-16-11-17-25-36)30-34(32-43)47-49(42(7,8)9,37-26-18-12-19-27-37)38-28-20-13-21-29-38/h10-29,32-34H,30-31H2,1-9H3/t33-,34+/m0/s1. The van der Waals surface area contributed by atoms with Crippen molar-refractivity contribution in [1.29, 1.82) is 0 Å².